The lowest BCUT2D eigenvalue weighted by atomic mass is 9.91. The molecule has 1 aliphatic heterocycles. The summed E-state index contributed by atoms with van der Waals surface area (Å²) >= 11 is 0. The van der Waals surface area contributed by atoms with Gasteiger partial charge in [-0.3, -0.25) is 0 Å². The number of benzene rings is 3. The van der Waals surface area contributed by atoms with Gasteiger partial charge in [0.05, 0.1) is 50.9 Å². The van der Waals surface area contributed by atoms with E-state index in [-0.39, 0.29) is 42.0 Å². The number of nitrogens with two attached hydrogens (primary N) is 1. The summed E-state index contributed by atoms with van der Waals surface area (Å²) in [6.07, 6.45) is -6.57. The molecule has 0 aromatic heterocycles. The van der Waals surface area contributed by atoms with Gasteiger partial charge in [0.1, 0.15) is 11.5 Å². The van der Waals surface area contributed by atoms with Crippen molar-refractivity contribution in [3.05, 3.63) is 99.5 Å². The van der Waals surface area contributed by atoms with E-state index in [0.29, 0.717) is 11.5 Å². The Balaban J connectivity index is 1.84. The monoisotopic (exact) mass is 588 g/mol. The minimum Gasteiger partial charge on any atom is -0.497 e. The summed E-state index contributed by atoms with van der Waals surface area (Å²) in [6, 6.07) is 15.4. The van der Waals surface area contributed by atoms with Gasteiger partial charge >= 0.3 is 12.1 Å². The van der Waals surface area contributed by atoms with Crippen molar-refractivity contribution >= 4 is 11.7 Å². The van der Waals surface area contributed by atoms with Gasteiger partial charge in [-0.05, 0) is 53.9 Å². The largest absolute Gasteiger partial charge is 0.497 e. The zero-order valence-corrected chi connectivity index (χ0v) is 23.7. The second-order valence-electron chi connectivity index (χ2n) is 9.86. The first-order valence-electron chi connectivity index (χ1n) is 13.0. The molecule has 1 unspecified atom stereocenters. The summed E-state index contributed by atoms with van der Waals surface area (Å²) in [5.74, 6) is -0.566. The Bertz CT molecular complexity index is 1400. The SMILES string of the molecule is COC(=O)C1=C(N)CC(c2c(F)c(N(Cc3ccc(OC)cc3)Cc3ccc(OC)cc3)cc(C)c2C(F)(F)F)OC1. The molecule has 4 rings (SSSR count). The number of aryl methyl sites for hydroxylation is 1. The summed E-state index contributed by atoms with van der Waals surface area (Å²) < 4.78 is 80.5. The van der Waals surface area contributed by atoms with Crippen LogP contribution < -0.4 is 20.1 Å². The van der Waals surface area contributed by atoms with Crippen LogP contribution in [0.25, 0.3) is 0 Å². The summed E-state index contributed by atoms with van der Waals surface area (Å²) in [6.45, 7) is 1.23. The Kier molecular flexibility index (Phi) is 9.30. The summed E-state index contributed by atoms with van der Waals surface area (Å²) in [5, 5.41) is 0. The summed E-state index contributed by atoms with van der Waals surface area (Å²) in [4.78, 5) is 13.7. The van der Waals surface area contributed by atoms with Crippen LogP contribution in [-0.4, -0.2) is 33.9 Å². The van der Waals surface area contributed by atoms with Crippen molar-refractivity contribution in [3.8, 4) is 11.5 Å². The van der Waals surface area contributed by atoms with E-state index < -0.39 is 41.8 Å². The first kappa shape index (κ1) is 30.7. The van der Waals surface area contributed by atoms with Crippen LogP contribution >= 0.6 is 0 Å². The van der Waals surface area contributed by atoms with Crippen LogP contribution in [0.15, 0.2) is 65.9 Å². The second-order valence-corrected chi connectivity index (χ2v) is 9.86. The average Bonchev–Trinajstić information content (AvgIpc) is 2.97. The van der Waals surface area contributed by atoms with Gasteiger partial charge in [0, 0.05) is 30.8 Å². The van der Waals surface area contributed by atoms with Crippen LogP contribution in [-0.2, 0) is 33.5 Å². The maximum atomic E-state index is 16.6. The fraction of sp³-hybridized carbons (Fsp3) is 0.323. The molecule has 42 heavy (non-hydrogen) atoms. The van der Waals surface area contributed by atoms with Crippen LogP contribution in [0.1, 0.15) is 40.3 Å². The number of nitrogens with zero attached hydrogens (tertiary/aromatic N) is 1. The van der Waals surface area contributed by atoms with Crippen molar-refractivity contribution in [2.45, 2.75) is 38.7 Å². The number of anilines is 1. The Hall–Kier alpha value is -4.25. The molecule has 0 aliphatic carbocycles. The van der Waals surface area contributed by atoms with E-state index in [4.69, 9.17) is 19.9 Å². The Morgan fingerprint density at radius 3 is 1.93 bits per heavy atom. The molecular weight excluding hydrogens is 556 g/mol. The molecule has 0 amide bonds. The van der Waals surface area contributed by atoms with Gasteiger partial charge < -0.3 is 29.6 Å². The van der Waals surface area contributed by atoms with Gasteiger partial charge in [0.2, 0.25) is 0 Å². The molecule has 0 spiro atoms. The molecule has 0 bridgehead atoms. The van der Waals surface area contributed by atoms with Gasteiger partial charge in [-0.2, -0.15) is 13.2 Å². The molecule has 1 atom stereocenters. The molecular formula is C31H32F4N2O5. The van der Waals surface area contributed by atoms with E-state index in [1.165, 1.54) is 27.2 Å². The molecule has 3 aromatic rings. The molecule has 0 saturated carbocycles. The van der Waals surface area contributed by atoms with Crippen LogP contribution in [0.3, 0.4) is 0 Å². The molecule has 0 radical (unpaired) electrons. The van der Waals surface area contributed by atoms with Crippen LogP contribution in [0.5, 0.6) is 11.5 Å². The number of alkyl halides is 3. The number of hydrogen-bond acceptors (Lipinski definition) is 7. The number of ether oxygens (including phenoxy) is 4. The van der Waals surface area contributed by atoms with E-state index in [0.717, 1.165) is 18.2 Å². The molecule has 1 heterocycles. The van der Waals surface area contributed by atoms with E-state index in [2.05, 4.69) is 4.74 Å². The Morgan fingerprint density at radius 2 is 1.50 bits per heavy atom. The smallest absolute Gasteiger partial charge is 0.417 e. The minimum atomic E-state index is -4.87. The molecule has 11 heteroatoms. The van der Waals surface area contributed by atoms with E-state index >= 15 is 4.39 Å². The lowest BCUT2D eigenvalue weighted by Gasteiger charge is -2.32. The number of esters is 1. The standard InChI is InChI=1S/C31H32F4N2O5/c1-18-13-25(29(32)27(28(18)31(33,34)35)26-14-24(36)23(17-42-26)30(38)41-4)37(15-19-5-9-21(39-2)10-6-19)16-20-7-11-22(40-3)12-8-20/h5-13,26H,14-17,36H2,1-4H3. The third kappa shape index (κ3) is 6.62. The highest BCUT2D eigenvalue weighted by atomic mass is 19.4. The van der Waals surface area contributed by atoms with Crippen molar-refractivity contribution < 1.29 is 41.3 Å². The van der Waals surface area contributed by atoms with E-state index in [1.807, 2.05) is 0 Å². The molecule has 0 fully saturated rings. The van der Waals surface area contributed by atoms with Gasteiger partial charge in [-0.25, -0.2) is 9.18 Å². The van der Waals surface area contributed by atoms with E-state index in [9.17, 15) is 18.0 Å². The first-order valence-corrected chi connectivity index (χ1v) is 13.0. The van der Waals surface area contributed by atoms with Gasteiger partial charge in [-0.1, -0.05) is 24.3 Å². The normalized spacial score (nSPS) is 15.4. The third-order valence-corrected chi connectivity index (χ3v) is 7.14. The number of methoxy groups -OCH3 is 3. The molecule has 7 nitrogen and oxygen atoms in total. The molecule has 1 aliphatic rings. The Labute approximate surface area is 241 Å². The highest BCUT2D eigenvalue weighted by molar-refractivity contribution is 5.89. The predicted octanol–water partition coefficient (Wildman–Crippen LogP) is 6.22. The van der Waals surface area contributed by atoms with Crippen LogP contribution in [0.2, 0.25) is 0 Å². The lowest BCUT2D eigenvalue weighted by molar-refractivity contribution is -0.141. The fourth-order valence-electron chi connectivity index (χ4n) is 5.00. The van der Waals surface area contributed by atoms with Crippen molar-refractivity contribution in [3.63, 3.8) is 0 Å². The van der Waals surface area contributed by atoms with Gasteiger partial charge in [-0.15, -0.1) is 0 Å². The number of carbonyl (C=O) groups excluding carboxylic acids is 1. The van der Waals surface area contributed by atoms with Crippen molar-refractivity contribution in [1.29, 1.82) is 0 Å². The topological polar surface area (TPSA) is 83.3 Å². The van der Waals surface area contributed by atoms with Gasteiger partial charge in [0.15, 0.2) is 5.82 Å². The summed E-state index contributed by atoms with van der Waals surface area (Å²) in [5.41, 5.74) is 5.61. The fourth-order valence-corrected chi connectivity index (χ4v) is 5.00. The maximum Gasteiger partial charge on any atom is 0.417 e. The molecule has 224 valence electrons. The van der Waals surface area contributed by atoms with Crippen molar-refractivity contribution in [2.24, 2.45) is 5.73 Å². The molecule has 0 saturated heterocycles. The average molecular weight is 589 g/mol. The number of carbonyl (C=O) groups is 1. The zero-order chi connectivity index (χ0) is 30.6. The first-order chi connectivity index (χ1) is 20.0. The summed E-state index contributed by atoms with van der Waals surface area (Å²) in [7, 11) is 4.23. The van der Waals surface area contributed by atoms with Crippen molar-refractivity contribution in [2.75, 3.05) is 32.8 Å². The quantitative estimate of drug-likeness (QED) is 0.235. The Morgan fingerprint density at radius 1 is 0.976 bits per heavy atom. The maximum absolute atomic E-state index is 16.6. The van der Waals surface area contributed by atoms with Crippen molar-refractivity contribution in [1.82, 2.24) is 0 Å². The van der Waals surface area contributed by atoms with Crippen LogP contribution in [0, 0.1) is 12.7 Å². The van der Waals surface area contributed by atoms with E-state index in [1.54, 1.807) is 53.4 Å². The lowest BCUT2D eigenvalue weighted by Crippen LogP contribution is -2.29. The minimum absolute atomic E-state index is 0.00349. The predicted molar refractivity (Wildman–Crippen MR) is 149 cm³/mol. The van der Waals surface area contributed by atoms with Crippen LogP contribution in [0.4, 0.5) is 23.2 Å². The number of hydrogen-bond donors (Lipinski definition) is 1. The third-order valence-electron chi connectivity index (χ3n) is 7.14. The second kappa shape index (κ2) is 12.7. The molecule has 3 aromatic carbocycles. The number of halogens is 4. The molecule has 2 N–H and O–H groups in total. The highest BCUT2D eigenvalue weighted by Crippen LogP contribution is 2.45. The number of rotatable bonds is 9. The zero-order valence-electron chi connectivity index (χ0n) is 23.7. The highest BCUT2D eigenvalue weighted by Gasteiger charge is 2.42. The van der Waals surface area contributed by atoms with Gasteiger partial charge in [0.25, 0.3) is 0 Å².